The third-order valence-electron chi connectivity index (χ3n) is 4.18. The summed E-state index contributed by atoms with van der Waals surface area (Å²) in [5.41, 5.74) is 0.419. The van der Waals surface area contributed by atoms with Crippen LogP contribution in [0.2, 0.25) is 0 Å². The smallest absolute Gasteiger partial charge is 0.323 e. The van der Waals surface area contributed by atoms with Crippen LogP contribution in [0.4, 0.5) is 5.69 Å². The lowest BCUT2D eigenvalue weighted by atomic mass is 10.1. The van der Waals surface area contributed by atoms with Gasteiger partial charge in [0.15, 0.2) is 0 Å². The zero-order valence-electron chi connectivity index (χ0n) is 12.6. The van der Waals surface area contributed by atoms with Crippen molar-refractivity contribution in [3.8, 4) is 0 Å². The molecule has 3 rings (SSSR count). The average molecular weight is 315 g/mol. The van der Waals surface area contributed by atoms with Crippen molar-refractivity contribution >= 4 is 34.4 Å². The highest BCUT2D eigenvalue weighted by Gasteiger charge is 2.56. The van der Waals surface area contributed by atoms with Crippen molar-refractivity contribution in [2.45, 2.75) is 19.4 Å². The van der Waals surface area contributed by atoms with Gasteiger partial charge in [-0.3, -0.25) is 14.4 Å². The molecule has 1 aliphatic rings. The molecule has 0 aliphatic heterocycles. The number of nitrogens with one attached hydrogen (secondary N) is 2. The minimum atomic E-state index is -0.945. The number of nitrogens with zero attached hydrogens (tertiary/aromatic N) is 1. The fourth-order valence-electron chi connectivity index (χ4n) is 2.73. The number of carbonyl (C=O) groups is 3. The van der Waals surface area contributed by atoms with Gasteiger partial charge in [-0.2, -0.15) is 0 Å². The molecule has 2 aromatic rings. The van der Waals surface area contributed by atoms with Crippen molar-refractivity contribution in [1.82, 2.24) is 9.88 Å². The first-order valence-corrected chi connectivity index (χ1v) is 7.30. The maximum Gasteiger partial charge on any atom is 0.323 e. The Morgan fingerprint density at radius 2 is 1.96 bits per heavy atom. The predicted octanol–water partition coefficient (Wildman–Crippen LogP) is 1.19. The first-order valence-electron chi connectivity index (χ1n) is 7.30. The van der Waals surface area contributed by atoms with Crippen LogP contribution in [-0.2, 0) is 20.9 Å². The van der Waals surface area contributed by atoms with E-state index in [9.17, 15) is 14.4 Å². The van der Waals surface area contributed by atoms with Crippen molar-refractivity contribution in [3.63, 3.8) is 0 Å². The molecule has 0 bridgehead atoms. The van der Waals surface area contributed by atoms with Crippen LogP contribution in [0.15, 0.2) is 30.5 Å². The zero-order chi connectivity index (χ0) is 16.6. The molecule has 1 heterocycles. The number of benzene rings is 1. The number of rotatable bonds is 5. The van der Waals surface area contributed by atoms with E-state index in [2.05, 4.69) is 10.6 Å². The summed E-state index contributed by atoms with van der Waals surface area (Å²) in [6, 6.07) is 7.02. The molecule has 1 fully saturated rings. The Labute approximate surface area is 132 Å². The first kappa shape index (κ1) is 15.1. The summed E-state index contributed by atoms with van der Waals surface area (Å²) in [6.45, 7) is -0.116. The van der Waals surface area contributed by atoms with Gasteiger partial charge in [0.1, 0.15) is 12.0 Å². The van der Waals surface area contributed by atoms with Gasteiger partial charge in [-0.25, -0.2) is 0 Å². The van der Waals surface area contributed by atoms with E-state index in [1.807, 2.05) is 0 Å². The highest BCUT2D eigenvalue weighted by molar-refractivity contribution is 6.13. The lowest BCUT2D eigenvalue weighted by Crippen LogP contribution is -2.38. The summed E-state index contributed by atoms with van der Waals surface area (Å²) >= 11 is 0. The summed E-state index contributed by atoms with van der Waals surface area (Å²) in [5, 5.41) is 15.0. The van der Waals surface area contributed by atoms with Crippen LogP contribution in [-0.4, -0.2) is 34.5 Å². The van der Waals surface area contributed by atoms with Gasteiger partial charge < -0.3 is 20.3 Å². The lowest BCUT2D eigenvalue weighted by Gasteiger charge is -2.14. The molecule has 1 aromatic heterocycles. The van der Waals surface area contributed by atoms with E-state index < -0.39 is 11.4 Å². The number of carboxylic acids is 1. The molecule has 7 nitrogen and oxygen atoms in total. The molecule has 0 saturated heterocycles. The second-order valence-electron chi connectivity index (χ2n) is 5.73. The fraction of sp³-hybridized carbons (Fsp3) is 0.312. The molecule has 1 aromatic carbocycles. The van der Waals surface area contributed by atoms with Crippen LogP contribution in [0.1, 0.15) is 12.8 Å². The van der Waals surface area contributed by atoms with Crippen LogP contribution in [0, 0.1) is 5.41 Å². The number of amides is 2. The average Bonchev–Trinajstić information content (AvgIpc) is 3.25. The summed E-state index contributed by atoms with van der Waals surface area (Å²) < 4.78 is 1.62. The largest absolute Gasteiger partial charge is 0.480 e. The highest BCUT2D eigenvalue weighted by atomic mass is 16.4. The number of fused-ring (bicyclic) bond motifs is 1. The topological polar surface area (TPSA) is 100 Å². The number of carbonyl (C=O) groups excluding carboxylic acids is 2. The van der Waals surface area contributed by atoms with Gasteiger partial charge in [-0.05, 0) is 37.1 Å². The number of aliphatic carboxylic acids is 1. The molecule has 0 radical (unpaired) electrons. The van der Waals surface area contributed by atoms with Crippen LogP contribution in [0.5, 0.6) is 0 Å². The quantitative estimate of drug-likeness (QED) is 0.722. The Kier molecular flexibility index (Phi) is 3.55. The summed E-state index contributed by atoms with van der Waals surface area (Å²) in [7, 11) is 1.52. The van der Waals surface area contributed by atoms with Gasteiger partial charge in [0.2, 0.25) is 11.8 Å². The molecule has 7 heteroatoms. The van der Waals surface area contributed by atoms with E-state index >= 15 is 0 Å². The van der Waals surface area contributed by atoms with E-state index in [0.29, 0.717) is 18.5 Å². The Morgan fingerprint density at radius 1 is 1.22 bits per heavy atom. The monoisotopic (exact) mass is 315 g/mol. The Bertz CT molecular complexity index is 805. The van der Waals surface area contributed by atoms with Gasteiger partial charge in [0, 0.05) is 29.8 Å². The van der Waals surface area contributed by atoms with E-state index in [1.54, 1.807) is 35.0 Å². The van der Waals surface area contributed by atoms with Crippen molar-refractivity contribution < 1.29 is 19.5 Å². The maximum absolute atomic E-state index is 12.3. The van der Waals surface area contributed by atoms with Crippen molar-refractivity contribution in [2.24, 2.45) is 5.41 Å². The van der Waals surface area contributed by atoms with Crippen LogP contribution in [0.25, 0.3) is 10.9 Å². The predicted molar refractivity (Wildman–Crippen MR) is 83.9 cm³/mol. The van der Waals surface area contributed by atoms with E-state index in [0.717, 1.165) is 10.9 Å². The number of anilines is 1. The molecule has 120 valence electrons. The summed E-state index contributed by atoms with van der Waals surface area (Å²) in [6.07, 6.45) is 2.79. The van der Waals surface area contributed by atoms with Gasteiger partial charge in [0.05, 0.1) is 0 Å². The lowest BCUT2D eigenvalue weighted by molar-refractivity contribution is -0.138. The van der Waals surface area contributed by atoms with Crippen molar-refractivity contribution in [3.05, 3.63) is 30.5 Å². The third kappa shape index (κ3) is 2.65. The second kappa shape index (κ2) is 5.42. The Hall–Kier alpha value is -2.83. The molecule has 1 saturated carbocycles. The Morgan fingerprint density at radius 3 is 2.57 bits per heavy atom. The number of aromatic nitrogens is 1. The second-order valence-corrected chi connectivity index (χ2v) is 5.73. The molecule has 0 unspecified atom stereocenters. The first-order chi connectivity index (χ1) is 11.0. The van der Waals surface area contributed by atoms with Crippen molar-refractivity contribution in [1.29, 1.82) is 0 Å². The molecule has 0 spiro atoms. The Balaban J connectivity index is 1.80. The van der Waals surface area contributed by atoms with E-state index in [4.69, 9.17) is 5.11 Å². The van der Waals surface area contributed by atoms with Crippen LogP contribution < -0.4 is 10.6 Å². The number of carboxylic acid groups (broad SMARTS) is 1. The molecular formula is C16H17N3O4. The molecule has 1 aliphatic carbocycles. The number of hydrogen-bond donors (Lipinski definition) is 3. The SMILES string of the molecule is CNC(=O)C1(C(=O)Nc2ccc3c(ccn3CC(=O)O)c2)CC1. The van der Waals surface area contributed by atoms with Crippen LogP contribution >= 0.6 is 0 Å². The number of hydrogen-bond acceptors (Lipinski definition) is 3. The third-order valence-corrected chi connectivity index (χ3v) is 4.18. The van der Waals surface area contributed by atoms with Gasteiger partial charge in [-0.15, -0.1) is 0 Å². The van der Waals surface area contributed by atoms with Gasteiger partial charge in [0.25, 0.3) is 0 Å². The van der Waals surface area contributed by atoms with E-state index in [-0.39, 0.29) is 18.4 Å². The molecular weight excluding hydrogens is 298 g/mol. The van der Waals surface area contributed by atoms with Gasteiger partial charge >= 0.3 is 5.97 Å². The molecule has 2 amide bonds. The molecule has 23 heavy (non-hydrogen) atoms. The maximum atomic E-state index is 12.3. The molecule has 0 atom stereocenters. The van der Waals surface area contributed by atoms with Crippen molar-refractivity contribution in [2.75, 3.05) is 12.4 Å². The van der Waals surface area contributed by atoms with Gasteiger partial charge in [-0.1, -0.05) is 0 Å². The minimum absolute atomic E-state index is 0.116. The van der Waals surface area contributed by atoms with E-state index in [1.165, 1.54) is 7.05 Å². The fourth-order valence-corrected chi connectivity index (χ4v) is 2.73. The zero-order valence-corrected chi connectivity index (χ0v) is 12.6. The minimum Gasteiger partial charge on any atom is -0.480 e. The highest BCUT2D eigenvalue weighted by Crippen LogP contribution is 2.46. The molecule has 3 N–H and O–H groups in total. The summed E-state index contributed by atoms with van der Waals surface area (Å²) in [5.74, 6) is -1.48. The standard InChI is InChI=1S/C16H17N3O4/c1-17-14(22)16(5-6-16)15(23)18-11-2-3-12-10(8-11)4-7-19(12)9-13(20)21/h2-4,7-8H,5-6,9H2,1H3,(H,17,22)(H,18,23)(H,20,21). The van der Waals surface area contributed by atoms with Crippen LogP contribution in [0.3, 0.4) is 0 Å². The normalized spacial score (nSPS) is 15.2. The summed E-state index contributed by atoms with van der Waals surface area (Å²) in [4.78, 5) is 35.0.